The fourth-order valence-electron chi connectivity index (χ4n) is 5.75. The predicted molar refractivity (Wildman–Crippen MR) is 126 cm³/mol. The first-order valence-electron chi connectivity index (χ1n) is 11.9. The van der Waals surface area contributed by atoms with Gasteiger partial charge in [0.05, 0.1) is 11.7 Å². The molecule has 3 aliphatic rings. The normalized spacial score (nSPS) is 34.3. The van der Waals surface area contributed by atoms with E-state index < -0.39 is 5.60 Å². The Kier molecular flexibility index (Phi) is 7.78. The SMILES string of the molecule is CCC(O)(CC)CSC(C)C1=CCC2/C(=C/C=C3/CCCC(O)C3)CCCC12C. The number of hydrogen-bond acceptors (Lipinski definition) is 3. The molecule has 164 valence electrons. The second-order valence-electron chi connectivity index (χ2n) is 9.92. The van der Waals surface area contributed by atoms with E-state index in [0.29, 0.717) is 11.2 Å². The zero-order valence-electron chi connectivity index (χ0n) is 19.0. The van der Waals surface area contributed by atoms with Crippen molar-refractivity contribution in [1.82, 2.24) is 0 Å². The van der Waals surface area contributed by atoms with Crippen LogP contribution in [0.3, 0.4) is 0 Å². The molecule has 0 amide bonds. The molecule has 2 fully saturated rings. The number of rotatable bonds is 7. The second kappa shape index (κ2) is 9.75. The number of fused-ring (bicyclic) bond motifs is 1. The van der Waals surface area contributed by atoms with Crippen molar-refractivity contribution in [1.29, 1.82) is 0 Å². The van der Waals surface area contributed by atoms with Crippen LogP contribution < -0.4 is 0 Å². The van der Waals surface area contributed by atoms with Gasteiger partial charge in [0.25, 0.3) is 0 Å². The van der Waals surface area contributed by atoms with Gasteiger partial charge in [0, 0.05) is 11.0 Å². The van der Waals surface area contributed by atoms with E-state index >= 15 is 0 Å². The molecule has 0 aromatic heterocycles. The highest BCUT2D eigenvalue weighted by Crippen LogP contribution is 2.56. The number of hydrogen-bond donors (Lipinski definition) is 2. The van der Waals surface area contributed by atoms with Gasteiger partial charge in [-0.15, -0.1) is 0 Å². The topological polar surface area (TPSA) is 40.5 Å². The standard InChI is InChI=1S/C26H42O2S/c1-5-26(28,6-2)18-29-19(3)23-14-15-24-21(10-8-16-25(23,24)4)13-12-20-9-7-11-22(27)17-20/h12-14,19,22,24,27-28H,5-11,15-18H2,1-4H3/b20-12-,21-13+. The minimum absolute atomic E-state index is 0.132. The minimum Gasteiger partial charge on any atom is -0.393 e. The molecule has 0 radical (unpaired) electrons. The van der Waals surface area contributed by atoms with Crippen LogP contribution in [0.25, 0.3) is 0 Å². The van der Waals surface area contributed by atoms with Gasteiger partial charge in [0.1, 0.15) is 0 Å². The molecule has 29 heavy (non-hydrogen) atoms. The zero-order valence-corrected chi connectivity index (χ0v) is 19.9. The highest BCUT2D eigenvalue weighted by atomic mass is 32.2. The van der Waals surface area contributed by atoms with Gasteiger partial charge in [-0.25, -0.2) is 0 Å². The van der Waals surface area contributed by atoms with Gasteiger partial charge in [-0.1, -0.05) is 55.7 Å². The third kappa shape index (κ3) is 5.22. The molecule has 0 aromatic carbocycles. The van der Waals surface area contributed by atoms with E-state index in [1.807, 2.05) is 11.8 Å². The molecule has 0 aliphatic heterocycles. The van der Waals surface area contributed by atoms with E-state index in [1.54, 1.807) is 11.1 Å². The Morgan fingerprint density at radius 1 is 1.24 bits per heavy atom. The van der Waals surface area contributed by atoms with Crippen molar-refractivity contribution in [2.24, 2.45) is 11.3 Å². The Bertz CT molecular complexity index is 658. The summed E-state index contributed by atoms with van der Waals surface area (Å²) in [5, 5.41) is 21.1. The highest BCUT2D eigenvalue weighted by Gasteiger charge is 2.46. The van der Waals surface area contributed by atoms with Crippen LogP contribution in [0.1, 0.15) is 91.9 Å². The predicted octanol–water partition coefficient (Wildman–Crippen LogP) is 6.58. The van der Waals surface area contributed by atoms with Crippen LogP contribution in [0.15, 0.2) is 34.9 Å². The molecule has 0 heterocycles. The summed E-state index contributed by atoms with van der Waals surface area (Å²) in [6, 6.07) is 0. The lowest BCUT2D eigenvalue weighted by Gasteiger charge is -2.42. The maximum Gasteiger partial charge on any atom is 0.0732 e. The molecule has 2 nitrogen and oxygen atoms in total. The largest absolute Gasteiger partial charge is 0.393 e. The van der Waals surface area contributed by atoms with Gasteiger partial charge in [-0.3, -0.25) is 0 Å². The Morgan fingerprint density at radius 2 is 2.00 bits per heavy atom. The fraction of sp³-hybridized carbons (Fsp3) is 0.769. The highest BCUT2D eigenvalue weighted by molar-refractivity contribution is 8.00. The van der Waals surface area contributed by atoms with Gasteiger partial charge >= 0.3 is 0 Å². The summed E-state index contributed by atoms with van der Waals surface area (Å²) in [5.74, 6) is 1.46. The molecular formula is C26H42O2S. The molecule has 4 atom stereocenters. The molecule has 4 unspecified atom stereocenters. The van der Waals surface area contributed by atoms with E-state index in [9.17, 15) is 10.2 Å². The van der Waals surface area contributed by atoms with Crippen molar-refractivity contribution < 1.29 is 10.2 Å². The van der Waals surface area contributed by atoms with Gasteiger partial charge in [-0.05, 0) is 82.5 Å². The number of allylic oxidation sites excluding steroid dienone is 4. The third-order valence-electron chi connectivity index (χ3n) is 8.03. The average molecular weight is 419 g/mol. The lowest BCUT2D eigenvalue weighted by atomic mass is 9.64. The van der Waals surface area contributed by atoms with Crippen LogP contribution in [0.4, 0.5) is 0 Å². The molecule has 3 heteroatoms. The lowest BCUT2D eigenvalue weighted by Crippen LogP contribution is -2.35. The Balaban J connectivity index is 1.69. The first-order chi connectivity index (χ1) is 13.8. The molecule has 3 rings (SSSR count). The van der Waals surface area contributed by atoms with Crippen molar-refractivity contribution in [3.05, 3.63) is 34.9 Å². The minimum atomic E-state index is -0.521. The fourth-order valence-corrected chi connectivity index (χ4v) is 7.27. The van der Waals surface area contributed by atoms with Gasteiger partial charge < -0.3 is 10.2 Å². The first-order valence-corrected chi connectivity index (χ1v) is 13.0. The molecule has 2 N–H and O–H groups in total. The van der Waals surface area contributed by atoms with Crippen LogP contribution in [0, 0.1) is 11.3 Å². The van der Waals surface area contributed by atoms with E-state index in [2.05, 4.69) is 45.9 Å². The molecule has 3 aliphatic carbocycles. The van der Waals surface area contributed by atoms with Crippen LogP contribution in [-0.4, -0.2) is 32.9 Å². The van der Waals surface area contributed by atoms with Crippen molar-refractivity contribution in [3.63, 3.8) is 0 Å². The zero-order chi connectivity index (χ0) is 21.1. The number of aliphatic hydroxyl groups excluding tert-OH is 1. The van der Waals surface area contributed by atoms with Gasteiger partial charge in [-0.2, -0.15) is 11.8 Å². The summed E-state index contributed by atoms with van der Waals surface area (Å²) in [6.07, 6.45) is 17.8. The van der Waals surface area contributed by atoms with Crippen molar-refractivity contribution in [3.8, 4) is 0 Å². The number of thioether (sulfide) groups is 1. The van der Waals surface area contributed by atoms with Gasteiger partial charge in [0.15, 0.2) is 0 Å². The Morgan fingerprint density at radius 3 is 2.69 bits per heavy atom. The van der Waals surface area contributed by atoms with Crippen molar-refractivity contribution >= 4 is 11.8 Å². The molecule has 0 spiro atoms. The quantitative estimate of drug-likeness (QED) is 0.459. The summed E-state index contributed by atoms with van der Waals surface area (Å²) >= 11 is 1.94. The maximum atomic E-state index is 10.7. The summed E-state index contributed by atoms with van der Waals surface area (Å²) < 4.78 is 0. The smallest absolute Gasteiger partial charge is 0.0732 e. The van der Waals surface area contributed by atoms with E-state index in [-0.39, 0.29) is 11.5 Å². The van der Waals surface area contributed by atoms with Crippen molar-refractivity contribution in [2.45, 2.75) is 109 Å². The van der Waals surface area contributed by atoms with Crippen LogP contribution in [0.5, 0.6) is 0 Å². The summed E-state index contributed by atoms with van der Waals surface area (Å²) in [4.78, 5) is 0. The molecule has 0 aromatic rings. The van der Waals surface area contributed by atoms with E-state index in [4.69, 9.17) is 0 Å². The number of aliphatic hydroxyl groups is 2. The third-order valence-corrected chi connectivity index (χ3v) is 9.49. The summed E-state index contributed by atoms with van der Waals surface area (Å²) in [6.45, 7) is 9.03. The second-order valence-corrected chi connectivity index (χ2v) is 11.2. The Hall–Kier alpha value is -0.510. The van der Waals surface area contributed by atoms with Gasteiger partial charge in [0.2, 0.25) is 0 Å². The lowest BCUT2D eigenvalue weighted by molar-refractivity contribution is 0.0571. The van der Waals surface area contributed by atoms with E-state index in [0.717, 1.165) is 44.3 Å². The first kappa shape index (κ1) is 23.2. The molecule has 0 saturated heterocycles. The van der Waals surface area contributed by atoms with Crippen LogP contribution >= 0.6 is 11.8 Å². The van der Waals surface area contributed by atoms with Crippen LogP contribution in [0.2, 0.25) is 0 Å². The monoisotopic (exact) mass is 418 g/mol. The summed E-state index contributed by atoms with van der Waals surface area (Å²) in [7, 11) is 0. The molecule has 2 saturated carbocycles. The Labute approximate surface area is 182 Å². The maximum absolute atomic E-state index is 10.7. The molecule has 0 bridgehead atoms. The van der Waals surface area contributed by atoms with Crippen molar-refractivity contribution in [2.75, 3.05) is 5.75 Å². The van der Waals surface area contributed by atoms with Crippen LogP contribution in [-0.2, 0) is 0 Å². The average Bonchev–Trinajstić information content (AvgIpc) is 3.08. The van der Waals surface area contributed by atoms with E-state index in [1.165, 1.54) is 31.3 Å². The summed E-state index contributed by atoms with van der Waals surface area (Å²) in [5.41, 5.74) is 4.42. The molecular weight excluding hydrogens is 376 g/mol.